The molecule has 0 saturated heterocycles. The van der Waals surface area contributed by atoms with Crippen LogP contribution in [0.2, 0.25) is 5.02 Å². The Balaban J connectivity index is 1.61. The lowest BCUT2D eigenvalue weighted by Crippen LogP contribution is -2.28. The lowest BCUT2D eigenvalue weighted by Gasteiger charge is -2.23. The summed E-state index contributed by atoms with van der Waals surface area (Å²) < 4.78 is 5.63. The van der Waals surface area contributed by atoms with Crippen LogP contribution in [0.1, 0.15) is 0 Å². The van der Waals surface area contributed by atoms with Crippen LogP contribution >= 0.6 is 11.6 Å². The molecule has 2 heterocycles. The summed E-state index contributed by atoms with van der Waals surface area (Å²) in [4.78, 5) is 16.7. The number of para-hydroxylation sites is 1. The number of benzene rings is 2. The van der Waals surface area contributed by atoms with E-state index in [4.69, 9.17) is 21.3 Å². The molecule has 2 aromatic carbocycles. The molecule has 0 fully saturated rings. The van der Waals surface area contributed by atoms with E-state index < -0.39 is 0 Å². The van der Waals surface area contributed by atoms with Gasteiger partial charge in [0.25, 0.3) is 0 Å². The first-order valence-corrected chi connectivity index (χ1v) is 10.7. The minimum absolute atomic E-state index is 0.446. The van der Waals surface area contributed by atoms with E-state index in [1.807, 2.05) is 42.6 Å². The number of ether oxygens (including phenoxy) is 1. The second-order valence-corrected chi connectivity index (χ2v) is 8.28. The Kier molecular flexibility index (Phi) is 6.48. The summed E-state index contributed by atoms with van der Waals surface area (Å²) >= 11 is 6.46. The van der Waals surface area contributed by atoms with E-state index in [9.17, 15) is 0 Å². The molecule has 4 aromatic rings. The Hall–Kier alpha value is -3.29. The fraction of sp³-hybridized carbons (Fsp3) is 0.250. The van der Waals surface area contributed by atoms with Crippen molar-refractivity contribution in [1.29, 1.82) is 0 Å². The maximum absolute atomic E-state index is 6.46. The number of H-pyrrole nitrogens is 1. The Morgan fingerprint density at radius 2 is 1.91 bits per heavy atom. The smallest absolute Gasteiger partial charge is 0.227 e. The van der Waals surface area contributed by atoms with E-state index in [0.717, 1.165) is 40.9 Å². The zero-order chi connectivity index (χ0) is 22.7. The second-order valence-electron chi connectivity index (χ2n) is 7.87. The molecule has 32 heavy (non-hydrogen) atoms. The Morgan fingerprint density at radius 1 is 1.09 bits per heavy atom. The van der Waals surface area contributed by atoms with Crippen LogP contribution in [0, 0.1) is 0 Å². The van der Waals surface area contributed by atoms with Crippen molar-refractivity contribution in [1.82, 2.24) is 19.9 Å². The number of rotatable bonds is 8. The Bertz CT molecular complexity index is 1220. The molecule has 2 N–H and O–H groups in total. The molecular weight excluding hydrogens is 424 g/mol. The molecule has 166 valence electrons. The monoisotopic (exact) mass is 450 g/mol. The molecule has 0 bridgehead atoms. The summed E-state index contributed by atoms with van der Waals surface area (Å²) in [6.07, 6.45) is 3.53. The maximum atomic E-state index is 6.46. The third-order valence-electron chi connectivity index (χ3n) is 5.34. The van der Waals surface area contributed by atoms with E-state index in [2.05, 4.69) is 52.3 Å². The SMILES string of the molecule is COc1cc(N(C)CCN(C)C)ccc1Nc1ncc(Cl)c(-c2c[nH]c3ccccc23)n1. The van der Waals surface area contributed by atoms with Gasteiger partial charge >= 0.3 is 0 Å². The van der Waals surface area contributed by atoms with Crippen molar-refractivity contribution in [3.8, 4) is 17.0 Å². The molecular formula is C24H27ClN6O. The fourth-order valence-corrected chi connectivity index (χ4v) is 3.70. The predicted molar refractivity (Wildman–Crippen MR) is 132 cm³/mol. The van der Waals surface area contributed by atoms with Gasteiger partial charge in [-0.05, 0) is 32.3 Å². The average Bonchev–Trinajstić information content (AvgIpc) is 3.23. The molecule has 0 atom stereocenters. The standard InChI is InChI=1S/C24H27ClN6O/c1-30(2)11-12-31(3)16-9-10-21(22(13-16)32-4)28-24-27-15-19(25)23(29-24)18-14-26-20-8-6-5-7-17(18)20/h5-10,13-15,26H,11-12H2,1-4H3,(H,27,28,29). The lowest BCUT2D eigenvalue weighted by atomic mass is 10.1. The number of anilines is 3. The van der Waals surface area contributed by atoms with Gasteiger partial charge in [0, 0.05) is 54.6 Å². The minimum atomic E-state index is 0.446. The van der Waals surface area contributed by atoms with Crippen molar-refractivity contribution >= 4 is 39.8 Å². The molecule has 0 spiro atoms. The number of fused-ring (bicyclic) bond motifs is 1. The second kappa shape index (κ2) is 9.46. The van der Waals surface area contributed by atoms with Crippen molar-refractivity contribution in [3.63, 3.8) is 0 Å². The van der Waals surface area contributed by atoms with E-state index in [1.54, 1.807) is 13.3 Å². The Morgan fingerprint density at radius 3 is 2.69 bits per heavy atom. The predicted octanol–water partition coefficient (Wildman–Crippen LogP) is 5.03. The largest absolute Gasteiger partial charge is 0.494 e. The summed E-state index contributed by atoms with van der Waals surface area (Å²) in [6.45, 7) is 1.88. The van der Waals surface area contributed by atoms with Crippen LogP contribution in [0.3, 0.4) is 0 Å². The van der Waals surface area contributed by atoms with E-state index >= 15 is 0 Å². The van der Waals surface area contributed by atoms with Gasteiger partial charge in [-0.1, -0.05) is 29.8 Å². The molecule has 4 rings (SSSR count). The van der Waals surface area contributed by atoms with E-state index in [0.29, 0.717) is 22.4 Å². The molecule has 7 nitrogen and oxygen atoms in total. The first-order valence-electron chi connectivity index (χ1n) is 10.4. The van der Waals surface area contributed by atoms with Crippen molar-refractivity contribution in [2.24, 2.45) is 0 Å². The summed E-state index contributed by atoms with van der Waals surface area (Å²) in [7, 11) is 7.86. The first kappa shape index (κ1) is 21.9. The van der Waals surface area contributed by atoms with E-state index in [1.165, 1.54) is 0 Å². The fourth-order valence-electron chi connectivity index (χ4n) is 3.50. The number of nitrogens with one attached hydrogen (secondary N) is 2. The van der Waals surface area contributed by atoms with Gasteiger partial charge < -0.3 is 24.8 Å². The highest BCUT2D eigenvalue weighted by molar-refractivity contribution is 6.33. The average molecular weight is 451 g/mol. The first-order chi connectivity index (χ1) is 15.5. The number of nitrogens with zero attached hydrogens (tertiary/aromatic N) is 4. The van der Waals surface area contributed by atoms with Gasteiger partial charge in [0.05, 0.1) is 29.7 Å². The number of aromatic amines is 1. The van der Waals surface area contributed by atoms with Crippen molar-refractivity contribution in [2.75, 3.05) is 51.6 Å². The molecule has 0 amide bonds. The number of aromatic nitrogens is 3. The van der Waals surface area contributed by atoms with Gasteiger partial charge in [0.15, 0.2) is 0 Å². The van der Waals surface area contributed by atoms with Crippen molar-refractivity contribution in [2.45, 2.75) is 0 Å². The van der Waals surface area contributed by atoms with Crippen LogP contribution in [-0.2, 0) is 0 Å². The van der Waals surface area contributed by atoms with Crippen LogP contribution in [0.4, 0.5) is 17.3 Å². The number of hydrogen-bond donors (Lipinski definition) is 2. The molecule has 0 aliphatic carbocycles. The molecule has 2 aromatic heterocycles. The zero-order valence-corrected chi connectivity index (χ0v) is 19.4. The quantitative estimate of drug-likeness (QED) is 0.392. The van der Waals surface area contributed by atoms with Crippen LogP contribution in [0.5, 0.6) is 5.75 Å². The van der Waals surface area contributed by atoms with Gasteiger partial charge in [-0.3, -0.25) is 0 Å². The highest BCUT2D eigenvalue weighted by atomic mass is 35.5. The summed E-state index contributed by atoms with van der Waals surface area (Å²) in [5.41, 5.74) is 4.49. The third kappa shape index (κ3) is 4.64. The van der Waals surface area contributed by atoms with Crippen LogP contribution in [-0.4, -0.2) is 61.2 Å². The van der Waals surface area contributed by atoms with Crippen LogP contribution in [0.25, 0.3) is 22.2 Å². The molecule has 0 radical (unpaired) electrons. The molecule has 8 heteroatoms. The van der Waals surface area contributed by atoms with Crippen molar-refractivity contribution in [3.05, 3.63) is 59.9 Å². The zero-order valence-electron chi connectivity index (χ0n) is 18.7. The van der Waals surface area contributed by atoms with Gasteiger partial charge in [-0.2, -0.15) is 0 Å². The van der Waals surface area contributed by atoms with Crippen LogP contribution in [0.15, 0.2) is 54.9 Å². The summed E-state index contributed by atoms with van der Waals surface area (Å²) in [5, 5.41) is 4.82. The number of hydrogen-bond acceptors (Lipinski definition) is 6. The van der Waals surface area contributed by atoms with Gasteiger partial charge in [-0.15, -0.1) is 0 Å². The van der Waals surface area contributed by atoms with Crippen LogP contribution < -0.4 is 15.0 Å². The minimum Gasteiger partial charge on any atom is -0.494 e. The normalized spacial score (nSPS) is 11.2. The summed E-state index contributed by atoms with van der Waals surface area (Å²) in [5.74, 6) is 1.16. The number of halogens is 1. The lowest BCUT2D eigenvalue weighted by molar-refractivity contribution is 0.413. The molecule has 0 saturated carbocycles. The van der Waals surface area contributed by atoms with Crippen molar-refractivity contribution < 1.29 is 4.74 Å². The van der Waals surface area contributed by atoms with Gasteiger partial charge in [-0.25, -0.2) is 9.97 Å². The van der Waals surface area contributed by atoms with E-state index in [-0.39, 0.29) is 0 Å². The highest BCUT2D eigenvalue weighted by Gasteiger charge is 2.14. The number of methoxy groups -OCH3 is 1. The number of likely N-dealkylation sites (N-methyl/N-ethyl adjacent to an activating group) is 2. The maximum Gasteiger partial charge on any atom is 0.227 e. The molecule has 0 aliphatic heterocycles. The third-order valence-corrected chi connectivity index (χ3v) is 5.62. The molecule has 0 aliphatic rings. The molecule has 0 unspecified atom stereocenters. The summed E-state index contributed by atoms with van der Waals surface area (Å²) in [6, 6.07) is 14.1. The van der Waals surface area contributed by atoms with Gasteiger partial charge in [0.1, 0.15) is 5.75 Å². The van der Waals surface area contributed by atoms with Gasteiger partial charge in [0.2, 0.25) is 5.95 Å². The highest BCUT2D eigenvalue weighted by Crippen LogP contribution is 2.34. The topological polar surface area (TPSA) is 69.3 Å². The Labute approximate surface area is 193 Å².